The van der Waals surface area contributed by atoms with Crippen molar-refractivity contribution in [2.75, 3.05) is 6.61 Å². The lowest BCUT2D eigenvalue weighted by Crippen LogP contribution is -2.25. The van der Waals surface area contributed by atoms with Crippen molar-refractivity contribution >= 4 is 46.2 Å². The van der Waals surface area contributed by atoms with Crippen molar-refractivity contribution < 1.29 is 9.53 Å². The van der Waals surface area contributed by atoms with Crippen LogP contribution in [0.25, 0.3) is 0 Å². The van der Waals surface area contributed by atoms with Gasteiger partial charge in [0, 0.05) is 9.90 Å². The molecule has 23 heavy (non-hydrogen) atoms. The van der Waals surface area contributed by atoms with Gasteiger partial charge in [-0.05, 0) is 43.7 Å². The normalized spacial score (nSPS) is 11.4. The van der Waals surface area contributed by atoms with Crippen LogP contribution in [0.1, 0.15) is 23.6 Å². The van der Waals surface area contributed by atoms with Gasteiger partial charge in [0.1, 0.15) is 5.75 Å². The number of halogens is 2. The van der Waals surface area contributed by atoms with Crippen LogP contribution in [0.15, 0.2) is 35.4 Å². The van der Waals surface area contributed by atoms with Gasteiger partial charge >= 0.3 is 0 Å². The van der Waals surface area contributed by atoms with E-state index < -0.39 is 0 Å². The summed E-state index contributed by atoms with van der Waals surface area (Å²) < 4.78 is 5.34. The second-order valence-corrected chi connectivity index (χ2v) is 6.73. The third-order valence-electron chi connectivity index (χ3n) is 2.97. The first-order valence-corrected chi connectivity index (χ1v) is 8.57. The number of carbonyl (C=O) groups excluding carboxylic acids is 1. The highest BCUT2D eigenvalue weighted by Crippen LogP contribution is 2.27. The fraction of sp³-hybridized carbons (Fsp3) is 0.250. The molecule has 122 valence electrons. The predicted molar refractivity (Wildman–Crippen MR) is 96.0 cm³/mol. The van der Waals surface area contributed by atoms with Crippen molar-refractivity contribution in [3.8, 4) is 5.75 Å². The van der Waals surface area contributed by atoms with E-state index in [0.29, 0.717) is 15.8 Å². The third kappa shape index (κ3) is 5.23. The molecule has 0 unspecified atom stereocenters. The lowest BCUT2D eigenvalue weighted by atomic mass is 10.3. The maximum Gasteiger partial charge on any atom is 0.277 e. The van der Waals surface area contributed by atoms with Crippen molar-refractivity contribution in [3.63, 3.8) is 0 Å². The van der Waals surface area contributed by atoms with Gasteiger partial charge in [0.2, 0.25) is 0 Å². The van der Waals surface area contributed by atoms with Gasteiger partial charge in [-0.15, -0.1) is 11.3 Å². The second-order valence-electron chi connectivity index (χ2n) is 4.72. The first-order valence-electron chi connectivity index (χ1n) is 6.99. The van der Waals surface area contributed by atoms with Crippen LogP contribution in [0, 0.1) is 0 Å². The van der Waals surface area contributed by atoms with Gasteiger partial charge in [0.15, 0.2) is 6.61 Å². The Kier molecular flexibility index (Phi) is 6.45. The monoisotopic (exact) mass is 370 g/mol. The van der Waals surface area contributed by atoms with Gasteiger partial charge < -0.3 is 4.74 Å². The zero-order valence-electron chi connectivity index (χ0n) is 12.7. The number of hydrogen-bond donors (Lipinski definition) is 1. The van der Waals surface area contributed by atoms with Gasteiger partial charge in [0.05, 0.1) is 15.6 Å². The number of carbonyl (C=O) groups is 1. The van der Waals surface area contributed by atoms with Crippen LogP contribution in [0.4, 0.5) is 0 Å². The number of benzene rings is 1. The molecule has 2 rings (SSSR count). The van der Waals surface area contributed by atoms with Gasteiger partial charge in [0.25, 0.3) is 5.91 Å². The topological polar surface area (TPSA) is 50.7 Å². The first-order chi connectivity index (χ1) is 11.0. The molecule has 0 saturated heterocycles. The van der Waals surface area contributed by atoms with Gasteiger partial charge in [-0.3, -0.25) is 4.79 Å². The summed E-state index contributed by atoms with van der Waals surface area (Å²) in [6.07, 6.45) is 0.986. The highest BCUT2D eigenvalue weighted by molar-refractivity contribution is 7.14. The molecule has 0 fully saturated rings. The zero-order valence-corrected chi connectivity index (χ0v) is 15.1. The van der Waals surface area contributed by atoms with Crippen LogP contribution in [0.2, 0.25) is 10.0 Å². The molecular weight excluding hydrogens is 355 g/mol. The Balaban J connectivity index is 1.88. The molecule has 1 N–H and O–H groups in total. The van der Waals surface area contributed by atoms with Crippen LogP contribution in [0.5, 0.6) is 5.75 Å². The van der Waals surface area contributed by atoms with E-state index in [4.69, 9.17) is 27.9 Å². The number of aryl methyl sites for hydroxylation is 1. The summed E-state index contributed by atoms with van der Waals surface area (Å²) in [7, 11) is 0. The molecule has 1 heterocycles. The highest BCUT2D eigenvalue weighted by Gasteiger charge is 2.07. The maximum atomic E-state index is 11.8. The van der Waals surface area contributed by atoms with Crippen LogP contribution in [0.3, 0.4) is 0 Å². The smallest absolute Gasteiger partial charge is 0.277 e. The Labute approximate surface area is 149 Å². The van der Waals surface area contributed by atoms with Crippen molar-refractivity contribution in [2.45, 2.75) is 20.3 Å². The van der Waals surface area contributed by atoms with E-state index in [1.54, 1.807) is 29.5 Å². The predicted octanol–water partition coefficient (Wildman–Crippen LogP) is 4.54. The summed E-state index contributed by atoms with van der Waals surface area (Å²) in [6.45, 7) is 3.77. The van der Waals surface area contributed by atoms with Crippen LogP contribution in [-0.4, -0.2) is 18.2 Å². The minimum absolute atomic E-state index is 0.178. The minimum Gasteiger partial charge on any atom is -0.482 e. The first kappa shape index (κ1) is 17.8. The van der Waals surface area contributed by atoms with Crippen molar-refractivity contribution in [2.24, 2.45) is 5.10 Å². The molecule has 4 nitrogen and oxygen atoms in total. The molecule has 0 aliphatic carbocycles. The van der Waals surface area contributed by atoms with E-state index in [2.05, 4.69) is 23.5 Å². The number of nitrogens with one attached hydrogen (secondary N) is 1. The van der Waals surface area contributed by atoms with Gasteiger partial charge in [-0.25, -0.2) is 5.43 Å². The van der Waals surface area contributed by atoms with Crippen LogP contribution >= 0.6 is 34.5 Å². The number of hydrazone groups is 1. The van der Waals surface area contributed by atoms with Crippen molar-refractivity contribution in [3.05, 3.63) is 50.1 Å². The Hall–Kier alpha value is -1.56. The summed E-state index contributed by atoms with van der Waals surface area (Å²) in [4.78, 5) is 14.1. The molecule has 0 spiro atoms. The average Bonchev–Trinajstić information content (AvgIpc) is 3.01. The number of ether oxygens (including phenoxy) is 1. The molecule has 0 saturated carbocycles. The lowest BCUT2D eigenvalue weighted by molar-refractivity contribution is -0.123. The molecule has 1 amide bonds. The maximum absolute atomic E-state index is 11.8. The number of nitrogens with zero attached hydrogens (tertiary/aromatic N) is 1. The van der Waals surface area contributed by atoms with E-state index in [1.165, 1.54) is 4.88 Å². The Morgan fingerprint density at radius 3 is 2.74 bits per heavy atom. The third-order valence-corrected chi connectivity index (χ3v) is 4.84. The number of thiophene rings is 1. The molecular formula is C16H16Cl2N2O2S. The van der Waals surface area contributed by atoms with E-state index in [9.17, 15) is 4.79 Å². The van der Waals surface area contributed by atoms with Crippen LogP contribution in [-0.2, 0) is 11.2 Å². The van der Waals surface area contributed by atoms with Gasteiger partial charge in [-0.2, -0.15) is 5.10 Å². The number of rotatable bonds is 6. The van der Waals surface area contributed by atoms with E-state index in [0.717, 1.165) is 17.0 Å². The quantitative estimate of drug-likeness (QED) is 0.599. The lowest BCUT2D eigenvalue weighted by Gasteiger charge is -2.07. The minimum atomic E-state index is -0.359. The molecule has 0 aliphatic rings. The SMILES string of the molecule is CCc1ccc(/C(C)=N/NC(=O)COc2ccc(Cl)cc2Cl)s1. The fourth-order valence-electron chi connectivity index (χ4n) is 1.73. The standard InChI is InChI=1S/C16H16Cl2N2O2S/c1-3-12-5-7-15(23-12)10(2)19-20-16(21)9-22-14-6-4-11(17)8-13(14)18/h4-8H,3,9H2,1-2H3,(H,20,21)/b19-10+. The second kappa shape index (κ2) is 8.34. The molecule has 1 aromatic heterocycles. The largest absolute Gasteiger partial charge is 0.482 e. The molecule has 0 atom stereocenters. The summed E-state index contributed by atoms with van der Waals surface area (Å²) in [5.41, 5.74) is 3.23. The van der Waals surface area contributed by atoms with E-state index in [1.807, 2.05) is 13.0 Å². The zero-order chi connectivity index (χ0) is 16.8. The summed E-state index contributed by atoms with van der Waals surface area (Å²) in [5.74, 6) is 0.0420. The molecule has 0 bridgehead atoms. The Bertz CT molecular complexity index is 729. The van der Waals surface area contributed by atoms with Crippen molar-refractivity contribution in [1.29, 1.82) is 0 Å². The molecule has 2 aromatic rings. The van der Waals surface area contributed by atoms with Crippen LogP contribution < -0.4 is 10.2 Å². The Morgan fingerprint density at radius 2 is 2.09 bits per heavy atom. The molecule has 0 aliphatic heterocycles. The fourth-order valence-corrected chi connectivity index (χ4v) is 3.09. The van der Waals surface area contributed by atoms with Crippen molar-refractivity contribution in [1.82, 2.24) is 5.43 Å². The highest BCUT2D eigenvalue weighted by atomic mass is 35.5. The summed E-state index contributed by atoms with van der Waals surface area (Å²) in [6, 6.07) is 8.88. The molecule has 0 radical (unpaired) electrons. The molecule has 7 heteroatoms. The Morgan fingerprint density at radius 1 is 1.30 bits per heavy atom. The summed E-state index contributed by atoms with van der Waals surface area (Å²) in [5, 5.41) is 4.95. The average molecular weight is 371 g/mol. The molecule has 1 aromatic carbocycles. The summed E-state index contributed by atoms with van der Waals surface area (Å²) >= 11 is 13.4. The number of amides is 1. The van der Waals surface area contributed by atoms with E-state index in [-0.39, 0.29) is 12.5 Å². The van der Waals surface area contributed by atoms with E-state index >= 15 is 0 Å². The number of hydrogen-bond acceptors (Lipinski definition) is 4. The van der Waals surface area contributed by atoms with Gasteiger partial charge in [-0.1, -0.05) is 30.1 Å².